The van der Waals surface area contributed by atoms with Crippen LogP contribution in [0.25, 0.3) is 0 Å². The fourth-order valence-corrected chi connectivity index (χ4v) is 1.07. The van der Waals surface area contributed by atoms with E-state index in [-0.39, 0.29) is 16.0 Å². The molecule has 0 aliphatic carbocycles. The van der Waals surface area contributed by atoms with E-state index >= 15 is 0 Å². The van der Waals surface area contributed by atoms with Crippen molar-refractivity contribution in [3.63, 3.8) is 0 Å². The quantitative estimate of drug-likeness (QED) is 0.631. The van der Waals surface area contributed by atoms with E-state index < -0.39 is 0 Å². The van der Waals surface area contributed by atoms with Gasteiger partial charge in [-0.05, 0) is 20.8 Å². The normalized spacial score (nSPS) is 10.7. The zero-order chi connectivity index (χ0) is 11.6. The third-order valence-electron chi connectivity index (χ3n) is 1.65. The molecule has 0 saturated carbocycles. The van der Waals surface area contributed by atoms with Crippen LogP contribution in [0.3, 0.4) is 0 Å². The Morgan fingerprint density at radius 2 is 2.07 bits per heavy atom. The predicted molar refractivity (Wildman–Crippen MR) is 60.8 cm³/mol. The Labute approximate surface area is 94.1 Å². The summed E-state index contributed by atoms with van der Waals surface area (Å²) in [5, 5.41) is 3.99. The molecule has 1 aromatic heterocycles. The maximum absolute atomic E-state index is 11.4. The van der Waals surface area contributed by atoms with E-state index in [4.69, 9.17) is 11.6 Å². The van der Waals surface area contributed by atoms with Gasteiger partial charge in [-0.25, -0.2) is 4.68 Å². The summed E-state index contributed by atoms with van der Waals surface area (Å²) in [7, 11) is 1.55. The molecule has 1 rings (SSSR count). The van der Waals surface area contributed by atoms with Gasteiger partial charge in [-0.1, -0.05) is 23.4 Å². The average Bonchev–Trinajstić information content (AvgIpc) is 2.12. The number of hydrogen-bond acceptors (Lipinski definition) is 2. The Kier molecular flexibility index (Phi) is 3.21. The van der Waals surface area contributed by atoms with Crippen molar-refractivity contribution in [3.8, 4) is 11.8 Å². The van der Waals surface area contributed by atoms with Gasteiger partial charge in [0.2, 0.25) is 0 Å². The zero-order valence-corrected chi connectivity index (χ0v) is 10.0. The lowest BCUT2D eigenvalue weighted by Crippen LogP contribution is -2.20. The van der Waals surface area contributed by atoms with Crippen molar-refractivity contribution in [3.05, 3.63) is 27.1 Å². The van der Waals surface area contributed by atoms with E-state index in [0.29, 0.717) is 5.56 Å². The molecular formula is C11H13ClN2O. The summed E-state index contributed by atoms with van der Waals surface area (Å²) in [4.78, 5) is 11.4. The van der Waals surface area contributed by atoms with Gasteiger partial charge in [0.05, 0.1) is 11.8 Å². The van der Waals surface area contributed by atoms with Gasteiger partial charge in [0, 0.05) is 12.5 Å². The summed E-state index contributed by atoms with van der Waals surface area (Å²) in [5.41, 5.74) is 0.0387. The highest BCUT2D eigenvalue weighted by atomic mass is 35.5. The second kappa shape index (κ2) is 4.08. The first kappa shape index (κ1) is 11.8. The fourth-order valence-electron chi connectivity index (χ4n) is 0.853. The number of aromatic nitrogens is 2. The number of rotatable bonds is 0. The topological polar surface area (TPSA) is 34.9 Å². The first-order chi connectivity index (χ1) is 6.81. The molecule has 0 aromatic carbocycles. The molecule has 0 aliphatic heterocycles. The van der Waals surface area contributed by atoms with Crippen LogP contribution in [-0.2, 0) is 7.05 Å². The van der Waals surface area contributed by atoms with E-state index in [9.17, 15) is 4.79 Å². The van der Waals surface area contributed by atoms with Crippen LogP contribution in [0, 0.1) is 17.3 Å². The van der Waals surface area contributed by atoms with Crippen molar-refractivity contribution in [1.29, 1.82) is 0 Å². The van der Waals surface area contributed by atoms with Crippen molar-refractivity contribution in [2.45, 2.75) is 20.8 Å². The Balaban J connectivity index is 3.23. The first-order valence-corrected chi connectivity index (χ1v) is 4.94. The molecule has 0 atom stereocenters. The fraction of sp³-hybridized carbons (Fsp3) is 0.455. The SMILES string of the molecule is Cn1ncc(C#CC(C)(C)C)c(Cl)c1=O. The van der Waals surface area contributed by atoms with E-state index in [1.165, 1.54) is 10.9 Å². The lowest BCUT2D eigenvalue weighted by atomic mass is 9.97. The monoisotopic (exact) mass is 224 g/mol. The molecule has 15 heavy (non-hydrogen) atoms. The minimum absolute atomic E-state index is 0.121. The number of aryl methyl sites for hydroxylation is 1. The van der Waals surface area contributed by atoms with Gasteiger partial charge in [-0.15, -0.1) is 0 Å². The second-order valence-electron chi connectivity index (χ2n) is 4.30. The van der Waals surface area contributed by atoms with Crippen molar-refractivity contribution >= 4 is 11.6 Å². The molecule has 0 spiro atoms. The molecule has 1 aromatic rings. The van der Waals surface area contributed by atoms with Gasteiger partial charge >= 0.3 is 0 Å². The van der Waals surface area contributed by atoms with E-state index in [0.717, 1.165) is 0 Å². The van der Waals surface area contributed by atoms with Crippen LogP contribution in [0.4, 0.5) is 0 Å². The molecule has 0 amide bonds. The summed E-state index contributed by atoms with van der Waals surface area (Å²) in [5.74, 6) is 5.87. The van der Waals surface area contributed by atoms with E-state index in [2.05, 4.69) is 16.9 Å². The highest BCUT2D eigenvalue weighted by molar-refractivity contribution is 6.31. The molecule has 0 saturated heterocycles. The molecule has 0 bridgehead atoms. The molecule has 3 nitrogen and oxygen atoms in total. The van der Waals surface area contributed by atoms with Crippen molar-refractivity contribution < 1.29 is 0 Å². The Morgan fingerprint density at radius 3 is 2.60 bits per heavy atom. The minimum atomic E-state index is -0.322. The molecule has 80 valence electrons. The molecule has 4 heteroatoms. The van der Waals surface area contributed by atoms with E-state index in [1.807, 2.05) is 20.8 Å². The van der Waals surface area contributed by atoms with Crippen LogP contribution >= 0.6 is 11.6 Å². The van der Waals surface area contributed by atoms with Crippen LogP contribution in [0.5, 0.6) is 0 Å². The van der Waals surface area contributed by atoms with Crippen LogP contribution < -0.4 is 5.56 Å². The van der Waals surface area contributed by atoms with Crippen molar-refractivity contribution in [2.24, 2.45) is 12.5 Å². The third-order valence-corrected chi connectivity index (χ3v) is 2.02. The van der Waals surface area contributed by atoms with Gasteiger partial charge in [-0.2, -0.15) is 5.10 Å². The van der Waals surface area contributed by atoms with Gasteiger partial charge in [0.15, 0.2) is 0 Å². The lowest BCUT2D eigenvalue weighted by molar-refractivity contribution is 0.571. The van der Waals surface area contributed by atoms with Crippen LogP contribution in [0.15, 0.2) is 11.0 Å². The lowest BCUT2D eigenvalue weighted by Gasteiger charge is -2.07. The molecule has 0 aliphatic rings. The van der Waals surface area contributed by atoms with Crippen LogP contribution in [-0.4, -0.2) is 9.78 Å². The largest absolute Gasteiger partial charge is 0.286 e. The Morgan fingerprint density at radius 1 is 1.47 bits per heavy atom. The standard InChI is InChI=1S/C11H13ClN2O/c1-11(2,3)6-5-8-7-13-14(4)10(15)9(8)12/h7H,1-4H3. The minimum Gasteiger partial charge on any atom is -0.266 e. The third kappa shape index (κ3) is 3.10. The van der Waals surface area contributed by atoms with Gasteiger partial charge in [0.25, 0.3) is 5.56 Å². The molecule has 0 unspecified atom stereocenters. The summed E-state index contributed by atoms with van der Waals surface area (Å²) in [6.07, 6.45) is 1.50. The van der Waals surface area contributed by atoms with Crippen molar-refractivity contribution in [1.82, 2.24) is 9.78 Å². The molecule has 1 heterocycles. The maximum Gasteiger partial charge on any atom is 0.286 e. The summed E-state index contributed by atoms with van der Waals surface area (Å²) in [6.45, 7) is 5.97. The highest BCUT2D eigenvalue weighted by Crippen LogP contribution is 2.12. The molecule has 0 N–H and O–H groups in total. The summed E-state index contributed by atoms with van der Waals surface area (Å²) < 4.78 is 1.19. The summed E-state index contributed by atoms with van der Waals surface area (Å²) >= 11 is 5.85. The number of nitrogens with zero attached hydrogens (tertiary/aromatic N) is 2. The Hall–Kier alpha value is -1.27. The number of halogens is 1. The van der Waals surface area contributed by atoms with Crippen LogP contribution in [0.1, 0.15) is 26.3 Å². The Bertz CT molecular complexity index is 486. The second-order valence-corrected chi connectivity index (χ2v) is 4.68. The van der Waals surface area contributed by atoms with Crippen molar-refractivity contribution in [2.75, 3.05) is 0 Å². The number of hydrogen-bond donors (Lipinski definition) is 0. The highest BCUT2D eigenvalue weighted by Gasteiger charge is 2.07. The smallest absolute Gasteiger partial charge is 0.266 e. The molecular weight excluding hydrogens is 212 g/mol. The van der Waals surface area contributed by atoms with Gasteiger partial charge < -0.3 is 0 Å². The first-order valence-electron chi connectivity index (χ1n) is 4.56. The summed E-state index contributed by atoms with van der Waals surface area (Å²) in [6, 6.07) is 0. The van der Waals surface area contributed by atoms with E-state index in [1.54, 1.807) is 7.05 Å². The maximum atomic E-state index is 11.4. The van der Waals surface area contributed by atoms with Gasteiger partial charge in [0.1, 0.15) is 5.02 Å². The molecule has 0 radical (unpaired) electrons. The molecule has 0 fully saturated rings. The predicted octanol–water partition coefficient (Wildman–Crippen LogP) is 1.83. The average molecular weight is 225 g/mol. The zero-order valence-electron chi connectivity index (χ0n) is 9.26. The van der Waals surface area contributed by atoms with Gasteiger partial charge in [-0.3, -0.25) is 4.79 Å². The van der Waals surface area contributed by atoms with Crippen LogP contribution in [0.2, 0.25) is 5.02 Å².